The van der Waals surface area contributed by atoms with Crippen molar-refractivity contribution in [3.8, 4) is 0 Å². The highest BCUT2D eigenvalue weighted by molar-refractivity contribution is 7.86. The molecule has 12 rings (SSSR count). The van der Waals surface area contributed by atoms with Gasteiger partial charge in [-0.15, -0.1) is 0 Å². The Bertz CT molecular complexity index is 2620. The normalized spacial score (nSPS) is 40.4. The Hall–Kier alpha value is -0.970. The van der Waals surface area contributed by atoms with Crippen LogP contribution in [0.4, 0.5) is 0 Å². The number of ether oxygens (including phenoxy) is 5. The quantitative estimate of drug-likeness (QED) is 0.0298. The Kier molecular flexibility index (Phi) is 47.2. The van der Waals surface area contributed by atoms with Crippen LogP contribution in [0, 0.1) is 76.9 Å². The molecule has 0 heterocycles. The summed E-state index contributed by atoms with van der Waals surface area (Å²) in [6.45, 7) is 5.37. The first-order chi connectivity index (χ1) is 55.9. The van der Waals surface area contributed by atoms with Crippen LogP contribution in [-0.4, -0.2) is 274 Å². The maximum atomic E-state index is 11.5. The number of hydrogen-bond acceptors (Lipinski definition) is 24. The molecule has 690 valence electrons. The molecule has 0 bridgehead atoms. The molecule has 0 radical (unpaired) electrons. The second kappa shape index (κ2) is 53.6. The van der Waals surface area contributed by atoms with Crippen molar-refractivity contribution in [2.45, 2.75) is 462 Å². The van der Waals surface area contributed by atoms with E-state index in [2.05, 4.69) is 13.8 Å². The summed E-state index contributed by atoms with van der Waals surface area (Å²) in [6.07, 6.45) is 34.8. The van der Waals surface area contributed by atoms with Crippen molar-refractivity contribution in [1.82, 2.24) is 0 Å². The summed E-state index contributed by atoms with van der Waals surface area (Å²) < 4.78 is 59.4. The summed E-state index contributed by atoms with van der Waals surface area (Å²) in [4.78, 5) is 0. The predicted octanol–water partition coefficient (Wildman–Crippen LogP) is 9.69. The standard InChI is InChI=1S/C21H40O3.C15H28O5.C15H28O3.C14H26O6S.C13H24O5.C13H24O3/c1-2-3-4-5-6-10-15-24-18-13-14-19(20(22)16-18)21(23)17-11-8-7-9-12-17;1-19-9-3-5-11(13(16)7-9)15(18)12-6-4-10(20-2)8-14(12)17;1-10-3-5-11(6-4-10)15(17)13-8-7-12(18-2)9-14(13)16;1-20-12-8-11(15)10(7-13(12)21(17,18)19)14(16)9-5-3-2-4-6-9;14-7-1-3-9(11(16)5-7)13(18)10-4-2-8(15)6-12(10)17;14-11-7-3-1-5-9(11)13(16)10-6-2-4-8-12(10)15/h17-23H,2-16H2,1H3;9-18H,3-8H2,1-2H3;10-17H,3-9H2,1-2H3;9-16H,2-8H2,1H3,(H,17,18,19);7-18H,1-6H2;9-16H,1-8H2. The summed E-state index contributed by atoms with van der Waals surface area (Å²) in [5, 5.41) is 172. The summed E-state index contributed by atoms with van der Waals surface area (Å²) in [7, 11) is 2.13. The molecule has 12 aliphatic rings. The molecule has 0 aliphatic heterocycles. The van der Waals surface area contributed by atoms with Gasteiger partial charge < -0.3 is 110 Å². The number of unbranched alkanes of at least 4 members (excludes halogenated alkanes) is 5. The molecule has 18 N–H and O–H groups in total. The van der Waals surface area contributed by atoms with Crippen LogP contribution in [0.5, 0.6) is 0 Å². The highest BCUT2D eigenvalue weighted by Gasteiger charge is 2.49. The van der Waals surface area contributed by atoms with E-state index >= 15 is 0 Å². The molecule has 29 unspecified atom stereocenters. The largest absolute Gasteiger partial charge is 0.393 e. The van der Waals surface area contributed by atoms with E-state index in [4.69, 9.17) is 23.7 Å². The van der Waals surface area contributed by atoms with Gasteiger partial charge in [0.2, 0.25) is 0 Å². The van der Waals surface area contributed by atoms with E-state index in [0.29, 0.717) is 76.0 Å². The molecule has 0 aromatic heterocycles. The van der Waals surface area contributed by atoms with E-state index in [1.54, 1.807) is 21.3 Å². The zero-order valence-corrected chi connectivity index (χ0v) is 73.6. The lowest BCUT2D eigenvalue weighted by Gasteiger charge is -2.42. The molecule has 0 aromatic carbocycles. The Labute approximate surface area is 703 Å². The number of methoxy groups -OCH3 is 4. The fraction of sp³-hybridized carbons (Fsp3) is 1.00. The van der Waals surface area contributed by atoms with E-state index in [-0.39, 0.29) is 121 Å². The minimum Gasteiger partial charge on any atom is -0.393 e. The fourth-order valence-electron chi connectivity index (χ4n) is 22.9. The van der Waals surface area contributed by atoms with Crippen molar-refractivity contribution >= 4 is 10.1 Å². The first kappa shape index (κ1) is 103. The molecule has 12 fully saturated rings. The third kappa shape index (κ3) is 32.7. The van der Waals surface area contributed by atoms with E-state index in [1.165, 1.54) is 71.3 Å². The minimum absolute atomic E-state index is 0.00787. The van der Waals surface area contributed by atoms with E-state index in [9.17, 15) is 99.8 Å². The van der Waals surface area contributed by atoms with Crippen molar-refractivity contribution in [2.75, 3.05) is 35.0 Å². The Morgan fingerprint density at radius 1 is 0.291 bits per heavy atom. The lowest BCUT2D eigenvalue weighted by Crippen LogP contribution is -2.51. The lowest BCUT2D eigenvalue weighted by atomic mass is 9.72. The summed E-state index contributed by atoms with van der Waals surface area (Å²) in [6, 6.07) is 0. The zero-order valence-electron chi connectivity index (χ0n) is 72.7. The van der Waals surface area contributed by atoms with Gasteiger partial charge in [-0.05, 0) is 216 Å². The number of aliphatic hydroxyl groups is 17. The van der Waals surface area contributed by atoms with Gasteiger partial charge in [0, 0.05) is 94.7 Å². The smallest absolute Gasteiger partial charge is 0.270 e. The fourth-order valence-corrected chi connectivity index (χ4v) is 23.9. The number of rotatable bonds is 25. The van der Waals surface area contributed by atoms with Crippen molar-refractivity contribution < 1.29 is 123 Å². The third-order valence-electron chi connectivity index (χ3n) is 30.7. The highest BCUT2D eigenvalue weighted by Crippen LogP contribution is 2.45. The van der Waals surface area contributed by atoms with Crippen LogP contribution in [0.3, 0.4) is 0 Å². The molecule has 117 heavy (non-hydrogen) atoms. The lowest BCUT2D eigenvalue weighted by molar-refractivity contribution is -0.114. The Balaban J connectivity index is 0.000000195. The Morgan fingerprint density at radius 3 is 0.957 bits per heavy atom. The summed E-state index contributed by atoms with van der Waals surface area (Å²) in [5.74, 6) is 0.481. The molecule has 12 aliphatic carbocycles. The molecule has 0 amide bonds. The van der Waals surface area contributed by atoms with E-state index < -0.39 is 101 Å². The number of hydrogen-bond donors (Lipinski definition) is 18. The maximum absolute atomic E-state index is 11.5. The molecule has 0 aromatic rings. The molecule has 0 spiro atoms. The SMILES string of the molecule is CCCCCCCCOC1CCC(C(O)C2CCCCC2)C(O)C1.COC1CC(O)C(C(O)C2CCCCC2)CC1S(=O)(=O)O.COC1CCC(C(O)C2CCC(C)CC2)C(O)C1.COC1CCC(C(O)C2CCC(OC)CC2O)C(O)C1.OC1CCC(C(O)C2CCC(O)CC2O)C(O)C1.OC1CCCCC1C(O)C1CCCCC1O. The van der Waals surface area contributed by atoms with Gasteiger partial charge in [0.1, 0.15) is 5.25 Å². The van der Waals surface area contributed by atoms with Crippen LogP contribution in [0.2, 0.25) is 0 Å². The van der Waals surface area contributed by atoms with Crippen LogP contribution >= 0.6 is 0 Å². The average molecular weight is 1700 g/mol. The van der Waals surface area contributed by atoms with Crippen LogP contribution < -0.4 is 0 Å². The van der Waals surface area contributed by atoms with E-state index in [1.807, 2.05) is 0 Å². The monoisotopic (exact) mass is 1700 g/mol. The third-order valence-corrected chi connectivity index (χ3v) is 32.0. The topological polar surface area (TPSA) is 444 Å². The van der Waals surface area contributed by atoms with Gasteiger partial charge in [-0.2, -0.15) is 8.42 Å². The van der Waals surface area contributed by atoms with Crippen LogP contribution in [0.15, 0.2) is 0 Å². The number of aliphatic hydroxyl groups excluding tert-OH is 17. The van der Waals surface area contributed by atoms with Gasteiger partial charge in [0.05, 0.1) is 134 Å². The summed E-state index contributed by atoms with van der Waals surface area (Å²) in [5.41, 5.74) is 0. The minimum atomic E-state index is -4.25. The molecular weight excluding hydrogens is 1530 g/mol. The predicted molar refractivity (Wildman–Crippen MR) is 449 cm³/mol. The average Bonchev–Trinajstić information content (AvgIpc) is 0.793. The van der Waals surface area contributed by atoms with E-state index in [0.717, 1.165) is 179 Å². The van der Waals surface area contributed by atoms with Crippen molar-refractivity contribution in [2.24, 2.45) is 76.9 Å². The molecule has 0 saturated heterocycles. The molecule has 29 atom stereocenters. The molecular formula is C91H170O25S. The second-order valence-corrected chi connectivity index (χ2v) is 40.4. The van der Waals surface area contributed by atoms with Crippen molar-refractivity contribution in [3.05, 3.63) is 0 Å². The van der Waals surface area contributed by atoms with Gasteiger partial charge in [-0.1, -0.05) is 123 Å². The van der Waals surface area contributed by atoms with Gasteiger partial charge in [-0.25, -0.2) is 0 Å². The molecule has 26 heteroatoms. The van der Waals surface area contributed by atoms with Gasteiger partial charge in [0.15, 0.2) is 0 Å². The van der Waals surface area contributed by atoms with Crippen molar-refractivity contribution in [3.63, 3.8) is 0 Å². The van der Waals surface area contributed by atoms with Crippen LogP contribution in [-0.2, 0) is 33.8 Å². The van der Waals surface area contributed by atoms with Crippen molar-refractivity contribution in [1.29, 1.82) is 0 Å². The Morgan fingerprint density at radius 2 is 0.598 bits per heavy atom. The molecule has 25 nitrogen and oxygen atoms in total. The second-order valence-electron chi connectivity index (χ2n) is 38.7. The van der Waals surface area contributed by atoms with Crippen LogP contribution in [0.1, 0.15) is 322 Å². The first-order valence-electron chi connectivity index (χ1n) is 47.2. The van der Waals surface area contributed by atoms with Gasteiger partial charge >= 0.3 is 0 Å². The zero-order chi connectivity index (χ0) is 85.5. The summed E-state index contributed by atoms with van der Waals surface area (Å²) >= 11 is 0. The first-order valence-corrected chi connectivity index (χ1v) is 48.7. The van der Waals surface area contributed by atoms with Crippen LogP contribution in [0.25, 0.3) is 0 Å². The molecule has 12 saturated carbocycles. The highest BCUT2D eigenvalue weighted by atomic mass is 32.2. The maximum Gasteiger partial charge on any atom is 0.270 e. The van der Waals surface area contributed by atoms with Gasteiger partial charge in [-0.3, -0.25) is 4.55 Å². The van der Waals surface area contributed by atoms with Gasteiger partial charge in [0.25, 0.3) is 10.1 Å².